The Balaban J connectivity index is 1.20. The normalized spacial score (nSPS) is 26.4. The summed E-state index contributed by atoms with van der Waals surface area (Å²) in [5.41, 5.74) is 2.07. The van der Waals surface area contributed by atoms with Crippen LogP contribution in [0.15, 0.2) is 60.8 Å². The van der Waals surface area contributed by atoms with Crippen LogP contribution in [0.4, 0.5) is 5.69 Å². The minimum Gasteiger partial charge on any atom is -0.497 e. The zero-order chi connectivity index (χ0) is 24.2. The average Bonchev–Trinajstić information content (AvgIpc) is 3.62. The highest BCUT2D eigenvalue weighted by atomic mass is 16.5. The number of amides is 2. The first-order chi connectivity index (χ1) is 17.0. The Morgan fingerprint density at radius 1 is 1.20 bits per heavy atom. The maximum Gasteiger partial charge on any atom is 0.231 e. The highest BCUT2D eigenvalue weighted by Crippen LogP contribution is 2.52. The van der Waals surface area contributed by atoms with Crippen LogP contribution in [0.2, 0.25) is 0 Å². The summed E-state index contributed by atoms with van der Waals surface area (Å²) in [4.78, 5) is 32.1. The van der Waals surface area contributed by atoms with E-state index in [1.807, 2.05) is 41.4 Å². The predicted molar refractivity (Wildman–Crippen MR) is 130 cm³/mol. The average molecular weight is 474 g/mol. The number of fused-ring (bicyclic) bond motifs is 2. The first kappa shape index (κ1) is 21.7. The molecular weight excluding hydrogens is 446 g/mol. The van der Waals surface area contributed by atoms with Crippen LogP contribution in [0, 0.1) is 11.8 Å². The van der Waals surface area contributed by atoms with E-state index in [2.05, 4.69) is 16.4 Å². The van der Waals surface area contributed by atoms with Gasteiger partial charge in [-0.1, -0.05) is 30.4 Å². The van der Waals surface area contributed by atoms with Gasteiger partial charge in [-0.3, -0.25) is 9.59 Å². The number of para-hydroxylation sites is 1. The van der Waals surface area contributed by atoms with E-state index in [1.54, 1.807) is 32.4 Å². The standard InChI is InChI=1S/C27H27N3O5/c1-33-18-11-17(12-19(13-18)34-2)29-25(31)23-22-7-9-27(35-22)15-30(26(32)24(23)27)10-8-16-14-28-21-6-4-3-5-20(16)21/h3-7,9,11-14,22-24,28H,8,10,15H2,1-2H3,(H,29,31)/t22?,23?,24?,27-/m1/s1. The first-order valence-corrected chi connectivity index (χ1v) is 11.8. The third kappa shape index (κ3) is 3.47. The van der Waals surface area contributed by atoms with Gasteiger partial charge >= 0.3 is 0 Å². The number of methoxy groups -OCH3 is 2. The fourth-order valence-corrected chi connectivity index (χ4v) is 5.77. The quantitative estimate of drug-likeness (QED) is 0.515. The zero-order valence-corrected chi connectivity index (χ0v) is 19.6. The van der Waals surface area contributed by atoms with Crippen molar-refractivity contribution in [1.82, 2.24) is 9.88 Å². The van der Waals surface area contributed by atoms with Crippen molar-refractivity contribution >= 4 is 28.4 Å². The molecule has 3 aromatic rings. The zero-order valence-electron chi connectivity index (χ0n) is 19.6. The summed E-state index contributed by atoms with van der Waals surface area (Å²) in [7, 11) is 3.11. The van der Waals surface area contributed by atoms with Crippen molar-refractivity contribution in [1.29, 1.82) is 0 Å². The number of carbonyl (C=O) groups excluding carboxylic acids is 2. The van der Waals surface area contributed by atoms with Crippen molar-refractivity contribution in [2.24, 2.45) is 11.8 Å². The Labute approximate surface area is 202 Å². The Bertz CT molecular complexity index is 1330. The second-order valence-electron chi connectivity index (χ2n) is 9.36. The molecule has 35 heavy (non-hydrogen) atoms. The molecule has 0 radical (unpaired) electrons. The van der Waals surface area contributed by atoms with Gasteiger partial charge in [-0.15, -0.1) is 0 Å². The highest BCUT2D eigenvalue weighted by molar-refractivity contribution is 5.99. The van der Waals surface area contributed by atoms with Crippen LogP contribution in [-0.2, 0) is 20.7 Å². The van der Waals surface area contributed by atoms with Crippen LogP contribution in [0.1, 0.15) is 5.56 Å². The second-order valence-corrected chi connectivity index (χ2v) is 9.36. The third-order valence-corrected chi connectivity index (χ3v) is 7.43. The number of benzene rings is 2. The van der Waals surface area contributed by atoms with Gasteiger partial charge in [0.1, 0.15) is 17.1 Å². The van der Waals surface area contributed by atoms with Gasteiger partial charge in [-0.25, -0.2) is 0 Å². The number of nitrogens with zero attached hydrogens (tertiary/aromatic N) is 1. The van der Waals surface area contributed by atoms with Gasteiger partial charge in [-0.2, -0.15) is 0 Å². The molecule has 1 aromatic heterocycles. The molecule has 3 unspecified atom stereocenters. The molecule has 6 rings (SSSR count). The molecule has 2 aromatic carbocycles. The number of ether oxygens (including phenoxy) is 3. The highest BCUT2D eigenvalue weighted by Gasteiger charge is 2.66. The van der Waals surface area contributed by atoms with Crippen LogP contribution in [0.5, 0.6) is 11.5 Å². The predicted octanol–water partition coefficient (Wildman–Crippen LogP) is 3.15. The van der Waals surface area contributed by atoms with Gasteiger partial charge in [0.05, 0.1) is 38.7 Å². The third-order valence-electron chi connectivity index (χ3n) is 7.43. The Morgan fingerprint density at radius 3 is 2.74 bits per heavy atom. The van der Waals surface area contributed by atoms with Crippen molar-refractivity contribution in [2.75, 3.05) is 32.6 Å². The van der Waals surface area contributed by atoms with E-state index >= 15 is 0 Å². The Morgan fingerprint density at radius 2 is 1.97 bits per heavy atom. The number of anilines is 1. The van der Waals surface area contributed by atoms with Crippen molar-refractivity contribution in [3.8, 4) is 11.5 Å². The van der Waals surface area contributed by atoms with Gasteiger partial charge in [-0.05, 0) is 18.1 Å². The lowest BCUT2D eigenvalue weighted by molar-refractivity contribution is -0.135. The summed E-state index contributed by atoms with van der Waals surface area (Å²) >= 11 is 0. The smallest absolute Gasteiger partial charge is 0.231 e. The lowest BCUT2D eigenvalue weighted by Crippen LogP contribution is -2.41. The van der Waals surface area contributed by atoms with E-state index < -0.39 is 23.5 Å². The van der Waals surface area contributed by atoms with Crippen LogP contribution < -0.4 is 14.8 Å². The molecule has 3 aliphatic heterocycles. The number of rotatable bonds is 7. The number of aromatic nitrogens is 1. The molecule has 4 atom stereocenters. The molecule has 180 valence electrons. The molecule has 8 heteroatoms. The van der Waals surface area contributed by atoms with Gasteiger partial charge in [0.2, 0.25) is 11.8 Å². The summed E-state index contributed by atoms with van der Waals surface area (Å²) in [5, 5.41) is 4.12. The number of nitrogens with one attached hydrogen (secondary N) is 2. The van der Waals surface area contributed by atoms with Gasteiger partial charge in [0.25, 0.3) is 0 Å². The number of likely N-dealkylation sites (tertiary alicyclic amines) is 1. The van der Waals surface area contributed by atoms with E-state index in [4.69, 9.17) is 14.2 Å². The molecule has 0 aliphatic carbocycles. The van der Waals surface area contributed by atoms with E-state index in [-0.39, 0.29) is 11.8 Å². The van der Waals surface area contributed by atoms with Crippen molar-refractivity contribution in [3.05, 3.63) is 66.4 Å². The summed E-state index contributed by atoms with van der Waals surface area (Å²) in [6.07, 6.45) is 6.22. The van der Waals surface area contributed by atoms with Gasteiger partial charge in [0, 0.05) is 47.5 Å². The lowest BCUT2D eigenvalue weighted by atomic mass is 9.77. The largest absolute Gasteiger partial charge is 0.497 e. The van der Waals surface area contributed by atoms with Crippen molar-refractivity contribution in [2.45, 2.75) is 18.1 Å². The van der Waals surface area contributed by atoms with Crippen LogP contribution in [0.25, 0.3) is 10.9 Å². The van der Waals surface area contributed by atoms with Crippen molar-refractivity contribution in [3.63, 3.8) is 0 Å². The van der Waals surface area contributed by atoms with E-state index in [9.17, 15) is 9.59 Å². The van der Waals surface area contributed by atoms with Gasteiger partial charge in [0.15, 0.2) is 0 Å². The molecule has 2 N–H and O–H groups in total. The molecule has 2 bridgehead atoms. The Kier molecular flexibility index (Phi) is 5.07. The molecule has 3 aliphatic rings. The fraction of sp³-hybridized carbons (Fsp3) is 0.333. The molecule has 8 nitrogen and oxygen atoms in total. The topological polar surface area (TPSA) is 92.9 Å². The second kappa shape index (κ2) is 8.16. The summed E-state index contributed by atoms with van der Waals surface area (Å²) in [6, 6.07) is 13.3. The molecule has 4 heterocycles. The first-order valence-electron chi connectivity index (χ1n) is 11.8. The maximum absolute atomic E-state index is 13.5. The minimum atomic E-state index is -0.740. The Hall–Kier alpha value is -3.78. The minimum absolute atomic E-state index is 0.0277. The number of hydrogen-bond donors (Lipinski definition) is 2. The fourth-order valence-electron chi connectivity index (χ4n) is 5.77. The summed E-state index contributed by atoms with van der Waals surface area (Å²) < 4.78 is 16.9. The van der Waals surface area contributed by atoms with E-state index in [1.165, 1.54) is 10.9 Å². The van der Waals surface area contributed by atoms with Crippen molar-refractivity contribution < 1.29 is 23.8 Å². The van der Waals surface area contributed by atoms with Crippen LogP contribution >= 0.6 is 0 Å². The maximum atomic E-state index is 13.5. The molecule has 1 spiro atoms. The molecule has 2 amide bonds. The molecular formula is C27H27N3O5. The SMILES string of the molecule is COc1cc(NC(=O)C2C3C=C[C@]4(CN(CCc5c[nH]c6ccccc56)C(=O)C24)O3)cc(OC)c1. The van der Waals surface area contributed by atoms with E-state index in [0.29, 0.717) is 30.3 Å². The molecule has 0 saturated carbocycles. The monoisotopic (exact) mass is 473 g/mol. The number of aromatic amines is 1. The van der Waals surface area contributed by atoms with E-state index in [0.717, 1.165) is 11.9 Å². The molecule has 2 fully saturated rings. The lowest BCUT2D eigenvalue weighted by Gasteiger charge is -2.23. The summed E-state index contributed by atoms with van der Waals surface area (Å²) in [5.74, 6) is -0.259. The number of hydrogen-bond acceptors (Lipinski definition) is 5. The van der Waals surface area contributed by atoms with Gasteiger partial charge < -0.3 is 29.4 Å². The molecule has 2 saturated heterocycles. The summed E-state index contributed by atoms with van der Waals surface area (Å²) in [6.45, 7) is 1.03. The number of carbonyl (C=O) groups is 2. The van der Waals surface area contributed by atoms with Crippen LogP contribution in [0.3, 0.4) is 0 Å². The van der Waals surface area contributed by atoms with Crippen LogP contribution in [-0.4, -0.2) is 60.7 Å². The number of H-pyrrole nitrogens is 1.